The largest absolute Gasteiger partial charge is 0.388 e. The summed E-state index contributed by atoms with van der Waals surface area (Å²) in [5.74, 6) is 0. The van der Waals surface area contributed by atoms with Gasteiger partial charge in [0.1, 0.15) is 0 Å². The number of aromatic nitrogens is 1. The number of pyridine rings is 1. The third-order valence-electron chi connectivity index (χ3n) is 4.29. The van der Waals surface area contributed by atoms with E-state index >= 15 is 0 Å². The zero-order chi connectivity index (χ0) is 15.4. The number of hydrogen-bond donors (Lipinski definition) is 3. The Kier molecular flexibility index (Phi) is 4.59. The fourth-order valence-corrected chi connectivity index (χ4v) is 2.95. The van der Waals surface area contributed by atoms with Crippen LogP contribution in [0.1, 0.15) is 37.4 Å². The quantitative estimate of drug-likeness (QED) is 0.749. The van der Waals surface area contributed by atoms with Crippen LogP contribution in [0.3, 0.4) is 0 Å². The van der Waals surface area contributed by atoms with Gasteiger partial charge in [-0.25, -0.2) is 0 Å². The van der Waals surface area contributed by atoms with Crippen LogP contribution in [0, 0.1) is 0 Å². The molecule has 0 fully saturated rings. The van der Waals surface area contributed by atoms with Gasteiger partial charge in [-0.15, -0.1) is 0 Å². The van der Waals surface area contributed by atoms with Gasteiger partial charge < -0.3 is 16.4 Å². The first-order chi connectivity index (χ1) is 10.8. The van der Waals surface area contributed by atoms with E-state index in [2.05, 4.69) is 45.9 Å². The summed E-state index contributed by atoms with van der Waals surface area (Å²) >= 11 is 0. The molecule has 0 radical (unpaired) electrons. The summed E-state index contributed by atoms with van der Waals surface area (Å²) in [5, 5.41) is 6.79. The van der Waals surface area contributed by atoms with E-state index in [1.165, 1.54) is 17.5 Å². The maximum atomic E-state index is 6.30. The molecule has 1 atom stereocenters. The summed E-state index contributed by atoms with van der Waals surface area (Å²) in [6.45, 7) is 0.993. The average molecular weight is 296 g/mol. The summed E-state index contributed by atoms with van der Waals surface area (Å²) in [6.07, 6.45) is 6.38. The Hall–Kier alpha value is -2.07. The fourth-order valence-electron chi connectivity index (χ4n) is 2.95. The van der Waals surface area contributed by atoms with Gasteiger partial charge in [0.2, 0.25) is 0 Å². The number of benzene rings is 1. The third kappa shape index (κ3) is 3.22. The molecule has 22 heavy (non-hydrogen) atoms. The molecule has 4 heteroatoms. The van der Waals surface area contributed by atoms with E-state index in [4.69, 9.17) is 5.73 Å². The van der Waals surface area contributed by atoms with Crippen LogP contribution in [0.2, 0.25) is 0 Å². The Morgan fingerprint density at radius 3 is 2.95 bits per heavy atom. The Morgan fingerprint density at radius 2 is 2.09 bits per heavy atom. The maximum absolute atomic E-state index is 6.30. The Labute approximate surface area is 132 Å². The van der Waals surface area contributed by atoms with E-state index in [0.29, 0.717) is 0 Å². The number of nitrogens with zero attached hydrogens (tertiary/aromatic N) is 1. The number of nitrogens with one attached hydrogen (secondary N) is 2. The van der Waals surface area contributed by atoms with Gasteiger partial charge in [0, 0.05) is 42.8 Å². The number of fused-ring (bicyclic) bond motifs is 4. The smallest absolute Gasteiger partial charge is 0.0577 e. The first-order valence-electron chi connectivity index (χ1n) is 8.05. The zero-order valence-corrected chi connectivity index (χ0v) is 13.1. The molecule has 4 nitrogen and oxygen atoms in total. The van der Waals surface area contributed by atoms with Crippen LogP contribution in [0.25, 0.3) is 11.1 Å². The van der Waals surface area contributed by atoms with Crippen LogP contribution in [0.4, 0.5) is 11.4 Å². The van der Waals surface area contributed by atoms with Crippen LogP contribution >= 0.6 is 0 Å². The van der Waals surface area contributed by atoms with Crippen molar-refractivity contribution in [2.45, 2.75) is 31.7 Å². The van der Waals surface area contributed by atoms with E-state index in [1.54, 1.807) is 0 Å². The summed E-state index contributed by atoms with van der Waals surface area (Å²) in [4.78, 5) is 4.47. The number of rotatable bonds is 1. The van der Waals surface area contributed by atoms with Crippen molar-refractivity contribution in [1.29, 1.82) is 0 Å². The topological polar surface area (TPSA) is 63.0 Å². The molecule has 2 bridgehead atoms. The second-order valence-electron chi connectivity index (χ2n) is 5.86. The van der Waals surface area contributed by atoms with Crippen molar-refractivity contribution in [3.8, 4) is 11.1 Å². The van der Waals surface area contributed by atoms with E-state index in [0.717, 1.165) is 42.9 Å². The molecule has 1 aliphatic rings. The van der Waals surface area contributed by atoms with Crippen molar-refractivity contribution in [2.24, 2.45) is 5.73 Å². The molecular formula is C18H24N4. The van der Waals surface area contributed by atoms with Gasteiger partial charge >= 0.3 is 0 Å². The van der Waals surface area contributed by atoms with Crippen LogP contribution in [-0.2, 0) is 0 Å². The highest BCUT2D eigenvalue weighted by atomic mass is 14.9. The second kappa shape index (κ2) is 6.79. The van der Waals surface area contributed by atoms with Crippen LogP contribution in [-0.4, -0.2) is 18.6 Å². The Morgan fingerprint density at radius 1 is 1.18 bits per heavy atom. The molecule has 2 aromatic rings. The summed E-state index contributed by atoms with van der Waals surface area (Å²) < 4.78 is 0. The van der Waals surface area contributed by atoms with E-state index in [-0.39, 0.29) is 6.04 Å². The lowest BCUT2D eigenvalue weighted by Gasteiger charge is -2.18. The normalized spacial score (nSPS) is 18.4. The van der Waals surface area contributed by atoms with Gasteiger partial charge in [0.25, 0.3) is 0 Å². The van der Waals surface area contributed by atoms with Crippen LogP contribution < -0.4 is 16.4 Å². The molecular weight excluding hydrogens is 272 g/mol. The maximum Gasteiger partial charge on any atom is 0.0577 e. The minimum Gasteiger partial charge on any atom is -0.388 e. The first-order valence-corrected chi connectivity index (χ1v) is 8.05. The Balaban J connectivity index is 2.06. The molecule has 1 aromatic carbocycles. The predicted octanol–water partition coefficient (Wildman–Crippen LogP) is 3.78. The molecule has 4 N–H and O–H groups in total. The molecule has 2 heterocycles. The average Bonchev–Trinajstić information content (AvgIpc) is 2.56. The van der Waals surface area contributed by atoms with Crippen molar-refractivity contribution in [1.82, 2.24) is 4.98 Å². The molecule has 0 saturated carbocycles. The molecule has 0 aliphatic carbocycles. The van der Waals surface area contributed by atoms with Crippen LogP contribution in [0.5, 0.6) is 0 Å². The van der Waals surface area contributed by atoms with Crippen molar-refractivity contribution in [3.05, 3.63) is 42.2 Å². The molecule has 1 aliphatic heterocycles. The highest BCUT2D eigenvalue weighted by Crippen LogP contribution is 2.32. The number of nitrogens with two attached hydrogens (primary N) is 1. The molecule has 0 spiro atoms. The predicted molar refractivity (Wildman–Crippen MR) is 93.1 cm³/mol. The fraction of sp³-hybridized carbons (Fsp3) is 0.389. The number of anilines is 2. The van der Waals surface area contributed by atoms with Gasteiger partial charge in [0.15, 0.2) is 0 Å². The summed E-state index contributed by atoms with van der Waals surface area (Å²) in [7, 11) is 1.95. The minimum absolute atomic E-state index is 0.0346. The second-order valence-corrected chi connectivity index (χ2v) is 5.86. The lowest BCUT2D eigenvalue weighted by Crippen LogP contribution is -2.13. The first kappa shape index (κ1) is 14.9. The molecule has 1 aromatic heterocycles. The van der Waals surface area contributed by atoms with Crippen molar-refractivity contribution >= 4 is 11.4 Å². The van der Waals surface area contributed by atoms with Crippen molar-refractivity contribution in [2.75, 3.05) is 24.2 Å². The molecule has 3 rings (SSSR count). The summed E-state index contributed by atoms with van der Waals surface area (Å²) in [5.41, 5.74) is 11.9. The van der Waals surface area contributed by atoms with E-state index < -0.39 is 0 Å². The van der Waals surface area contributed by atoms with E-state index in [9.17, 15) is 0 Å². The SMILES string of the molecule is CNc1ccc2c(c1)NCCCCC[C@H](N)c1cc-2ccn1. The van der Waals surface area contributed by atoms with Gasteiger partial charge in [-0.2, -0.15) is 0 Å². The molecule has 116 valence electrons. The zero-order valence-electron chi connectivity index (χ0n) is 13.1. The van der Waals surface area contributed by atoms with Crippen molar-refractivity contribution < 1.29 is 0 Å². The minimum atomic E-state index is 0.0346. The monoisotopic (exact) mass is 296 g/mol. The van der Waals surface area contributed by atoms with Gasteiger partial charge in [0.05, 0.1) is 5.69 Å². The number of hydrogen-bond acceptors (Lipinski definition) is 4. The summed E-state index contributed by atoms with van der Waals surface area (Å²) in [6, 6.07) is 10.7. The Bertz CT molecular complexity index is 639. The highest BCUT2D eigenvalue weighted by molar-refractivity contribution is 5.80. The van der Waals surface area contributed by atoms with Crippen molar-refractivity contribution in [3.63, 3.8) is 0 Å². The van der Waals surface area contributed by atoms with E-state index in [1.807, 2.05) is 13.2 Å². The standard InChI is InChI=1S/C18H24N4/c1-20-14-6-7-15-13-8-10-22-18(11-13)16(19)5-3-2-4-9-21-17(15)12-14/h6-8,10-12,16,20-21H,2-5,9,19H2,1H3/t16-/m0/s1. The lowest BCUT2D eigenvalue weighted by molar-refractivity contribution is 0.566. The van der Waals surface area contributed by atoms with Crippen LogP contribution in [0.15, 0.2) is 36.5 Å². The molecule has 0 saturated heterocycles. The molecule has 0 amide bonds. The van der Waals surface area contributed by atoms with Gasteiger partial charge in [-0.1, -0.05) is 18.9 Å². The third-order valence-corrected chi connectivity index (χ3v) is 4.29. The lowest BCUT2D eigenvalue weighted by atomic mass is 9.99. The van der Waals surface area contributed by atoms with Gasteiger partial charge in [-0.05, 0) is 42.7 Å². The van der Waals surface area contributed by atoms with Gasteiger partial charge in [-0.3, -0.25) is 4.98 Å². The highest BCUT2D eigenvalue weighted by Gasteiger charge is 2.12. The molecule has 0 unspecified atom stereocenters.